The van der Waals surface area contributed by atoms with E-state index in [0.29, 0.717) is 19.7 Å². The number of rotatable bonds is 5. The minimum atomic E-state index is -1.12. The zero-order valence-electron chi connectivity index (χ0n) is 10.6. The predicted molar refractivity (Wildman–Crippen MR) is 63.5 cm³/mol. The van der Waals surface area contributed by atoms with Gasteiger partial charge in [0.2, 0.25) is 5.91 Å². The smallest absolute Gasteiger partial charge is 0.358 e. The van der Waals surface area contributed by atoms with Gasteiger partial charge >= 0.3 is 5.97 Å². The second kappa shape index (κ2) is 5.79. The molecule has 0 aliphatic carbocycles. The topological polar surface area (TPSA) is 106 Å². The van der Waals surface area contributed by atoms with Gasteiger partial charge in [-0.25, -0.2) is 9.48 Å². The van der Waals surface area contributed by atoms with Crippen LogP contribution in [0.4, 0.5) is 0 Å². The van der Waals surface area contributed by atoms with Gasteiger partial charge in [0, 0.05) is 13.2 Å². The van der Waals surface area contributed by atoms with Gasteiger partial charge in [-0.15, -0.1) is 5.10 Å². The molecule has 2 N–H and O–H groups in total. The maximum atomic E-state index is 11.8. The van der Waals surface area contributed by atoms with Gasteiger partial charge in [0.15, 0.2) is 5.69 Å². The van der Waals surface area contributed by atoms with Crippen LogP contribution in [0, 0.1) is 5.92 Å². The molecular weight excluding hydrogens is 252 g/mol. The van der Waals surface area contributed by atoms with Crippen molar-refractivity contribution in [1.29, 1.82) is 0 Å². The summed E-state index contributed by atoms with van der Waals surface area (Å²) in [6.07, 6.45) is 1.83. The first-order valence-electron chi connectivity index (χ1n) is 6.10. The summed E-state index contributed by atoms with van der Waals surface area (Å²) in [6, 6.07) is 0. The maximum Gasteiger partial charge on any atom is 0.358 e. The van der Waals surface area contributed by atoms with Crippen LogP contribution in [-0.2, 0) is 16.1 Å². The Labute approximate surface area is 109 Å². The van der Waals surface area contributed by atoms with E-state index in [4.69, 9.17) is 9.84 Å². The summed E-state index contributed by atoms with van der Waals surface area (Å²) in [6.45, 7) is 3.32. The van der Waals surface area contributed by atoms with Crippen molar-refractivity contribution in [3.8, 4) is 0 Å². The molecule has 1 fully saturated rings. The summed E-state index contributed by atoms with van der Waals surface area (Å²) < 4.78 is 6.72. The van der Waals surface area contributed by atoms with Crippen LogP contribution in [0.5, 0.6) is 0 Å². The van der Waals surface area contributed by atoms with E-state index in [1.807, 2.05) is 6.92 Å². The van der Waals surface area contributed by atoms with Crippen LogP contribution >= 0.6 is 0 Å². The van der Waals surface area contributed by atoms with Gasteiger partial charge in [-0.3, -0.25) is 4.79 Å². The summed E-state index contributed by atoms with van der Waals surface area (Å²) in [4.78, 5) is 22.4. The molecular formula is C11H16N4O4. The van der Waals surface area contributed by atoms with Crippen molar-refractivity contribution in [2.75, 3.05) is 13.2 Å². The van der Waals surface area contributed by atoms with Crippen LogP contribution in [0.3, 0.4) is 0 Å². The Morgan fingerprint density at radius 2 is 2.42 bits per heavy atom. The number of hydrogen-bond donors (Lipinski definition) is 2. The minimum Gasteiger partial charge on any atom is -0.476 e. The standard InChI is InChI=1S/C11H16N4O4/c1-7-2-5-19-9(7)10(16)12-3-4-15-6-8(11(17)18)13-14-15/h6-7,9H,2-5H2,1H3,(H,12,16)(H,17,18). The number of nitrogens with one attached hydrogen (secondary N) is 1. The summed E-state index contributed by atoms with van der Waals surface area (Å²) in [7, 11) is 0. The van der Waals surface area contributed by atoms with Crippen molar-refractivity contribution in [2.24, 2.45) is 5.92 Å². The predicted octanol–water partition coefficient (Wildman–Crippen LogP) is -0.482. The molecule has 1 aromatic rings. The maximum absolute atomic E-state index is 11.8. The van der Waals surface area contributed by atoms with E-state index in [9.17, 15) is 9.59 Å². The molecule has 0 radical (unpaired) electrons. The molecule has 1 aliphatic rings. The Morgan fingerprint density at radius 3 is 3.00 bits per heavy atom. The van der Waals surface area contributed by atoms with E-state index >= 15 is 0 Å². The lowest BCUT2D eigenvalue weighted by molar-refractivity contribution is -0.131. The molecule has 8 heteroatoms. The van der Waals surface area contributed by atoms with Crippen LogP contribution in [-0.4, -0.2) is 51.2 Å². The number of aromatic carboxylic acids is 1. The highest BCUT2D eigenvalue weighted by Crippen LogP contribution is 2.19. The van der Waals surface area contributed by atoms with E-state index in [-0.39, 0.29) is 23.6 Å². The largest absolute Gasteiger partial charge is 0.476 e. The molecule has 0 aromatic carbocycles. The van der Waals surface area contributed by atoms with Crippen molar-refractivity contribution in [1.82, 2.24) is 20.3 Å². The highest BCUT2D eigenvalue weighted by atomic mass is 16.5. The number of amides is 1. The number of carbonyl (C=O) groups is 2. The molecule has 0 saturated carbocycles. The van der Waals surface area contributed by atoms with Crippen LogP contribution in [0.15, 0.2) is 6.20 Å². The lowest BCUT2D eigenvalue weighted by atomic mass is 10.0. The minimum absolute atomic E-state index is 0.112. The van der Waals surface area contributed by atoms with Crippen molar-refractivity contribution >= 4 is 11.9 Å². The van der Waals surface area contributed by atoms with Crippen LogP contribution < -0.4 is 5.32 Å². The molecule has 1 saturated heterocycles. The van der Waals surface area contributed by atoms with E-state index < -0.39 is 5.97 Å². The quantitative estimate of drug-likeness (QED) is 0.747. The van der Waals surface area contributed by atoms with E-state index in [1.54, 1.807) is 0 Å². The van der Waals surface area contributed by atoms with Crippen LogP contribution in [0.2, 0.25) is 0 Å². The number of nitrogens with zero attached hydrogens (tertiary/aromatic N) is 3. The average Bonchev–Trinajstić information content (AvgIpc) is 2.97. The van der Waals surface area contributed by atoms with E-state index in [2.05, 4.69) is 15.6 Å². The second-order valence-electron chi connectivity index (χ2n) is 4.52. The summed E-state index contributed by atoms with van der Waals surface area (Å²) in [5.41, 5.74) is -0.112. The number of carboxylic acids is 1. The second-order valence-corrected chi connectivity index (χ2v) is 4.52. The third-order valence-electron chi connectivity index (χ3n) is 3.04. The number of carboxylic acid groups (broad SMARTS) is 1. The zero-order valence-corrected chi connectivity index (χ0v) is 10.6. The van der Waals surface area contributed by atoms with Gasteiger partial charge in [-0.2, -0.15) is 0 Å². The zero-order chi connectivity index (χ0) is 13.8. The average molecular weight is 268 g/mol. The highest BCUT2D eigenvalue weighted by Gasteiger charge is 2.30. The fourth-order valence-electron chi connectivity index (χ4n) is 1.93. The van der Waals surface area contributed by atoms with Gasteiger partial charge in [-0.1, -0.05) is 12.1 Å². The van der Waals surface area contributed by atoms with Gasteiger partial charge in [-0.05, 0) is 12.3 Å². The van der Waals surface area contributed by atoms with Gasteiger partial charge < -0.3 is 15.2 Å². The van der Waals surface area contributed by atoms with Crippen molar-refractivity contribution < 1.29 is 19.4 Å². The molecule has 0 spiro atoms. The van der Waals surface area contributed by atoms with Crippen molar-refractivity contribution in [3.63, 3.8) is 0 Å². The van der Waals surface area contributed by atoms with E-state index in [1.165, 1.54) is 10.9 Å². The first-order chi connectivity index (χ1) is 9.08. The molecule has 104 valence electrons. The van der Waals surface area contributed by atoms with Gasteiger partial charge in [0.1, 0.15) is 6.10 Å². The Kier molecular flexibility index (Phi) is 4.10. The highest BCUT2D eigenvalue weighted by molar-refractivity contribution is 5.84. The van der Waals surface area contributed by atoms with Crippen LogP contribution in [0.25, 0.3) is 0 Å². The molecule has 2 unspecified atom stereocenters. The van der Waals surface area contributed by atoms with Crippen molar-refractivity contribution in [2.45, 2.75) is 26.0 Å². The fraction of sp³-hybridized carbons (Fsp3) is 0.636. The molecule has 2 rings (SSSR count). The fourth-order valence-corrected chi connectivity index (χ4v) is 1.93. The SMILES string of the molecule is CC1CCOC1C(=O)NCCn1cc(C(=O)O)nn1. The number of aromatic nitrogens is 3. The summed E-state index contributed by atoms with van der Waals surface area (Å²) >= 11 is 0. The Hall–Kier alpha value is -1.96. The van der Waals surface area contributed by atoms with Crippen LogP contribution in [0.1, 0.15) is 23.8 Å². The monoisotopic (exact) mass is 268 g/mol. The Morgan fingerprint density at radius 1 is 1.63 bits per heavy atom. The van der Waals surface area contributed by atoms with E-state index in [0.717, 1.165) is 6.42 Å². The van der Waals surface area contributed by atoms with Crippen molar-refractivity contribution in [3.05, 3.63) is 11.9 Å². The molecule has 2 atom stereocenters. The molecule has 1 amide bonds. The Balaban J connectivity index is 1.76. The molecule has 1 aromatic heterocycles. The molecule has 1 aliphatic heterocycles. The third kappa shape index (κ3) is 3.28. The number of carbonyl (C=O) groups excluding carboxylic acids is 1. The summed E-state index contributed by atoms with van der Waals surface area (Å²) in [5, 5.41) is 18.6. The lowest BCUT2D eigenvalue weighted by Crippen LogP contribution is -2.38. The number of ether oxygens (including phenoxy) is 1. The lowest BCUT2D eigenvalue weighted by Gasteiger charge is -2.14. The number of hydrogen-bond acceptors (Lipinski definition) is 5. The summed E-state index contributed by atoms with van der Waals surface area (Å²) in [5.74, 6) is -1.03. The van der Waals surface area contributed by atoms with Gasteiger partial charge in [0.05, 0.1) is 12.7 Å². The third-order valence-corrected chi connectivity index (χ3v) is 3.04. The molecule has 0 bridgehead atoms. The first kappa shape index (κ1) is 13.5. The molecule has 2 heterocycles. The first-order valence-corrected chi connectivity index (χ1v) is 6.10. The Bertz CT molecular complexity index is 473. The molecule has 8 nitrogen and oxygen atoms in total. The van der Waals surface area contributed by atoms with Gasteiger partial charge in [0.25, 0.3) is 0 Å². The normalized spacial score (nSPS) is 22.4. The molecule has 19 heavy (non-hydrogen) atoms.